The molecule has 0 aromatic rings. The Morgan fingerprint density at radius 2 is 2.20 bits per heavy atom. The minimum absolute atomic E-state index is 0.753. The van der Waals surface area contributed by atoms with Gasteiger partial charge in [0.1, 0.15) is 0 Å². The van der Waals surface area contributed by atoms with Gasteiger partial charge in [0.15, 0.2) is 0 Å². The molecule has 0 heterocycles. The van der Waals surface area contributed by atoms with E-state index in [4.69, 9.17) is 5.73 Å². The average molecular weight is 134 g/mol. The molecule has 10 heavy (non-hydrogen) atoms. The summed E-state index contributed by atoms with van der Waals surface area (Å²) in [7, 11) is 7.38. The summed E-state index contributed by atoms with van der Waals surface area (Å²) >= 11 is 0. The molecule has 0 saturated heterocycles. The average Bonchev–Trinajstić information content (AvgIpc) is 1.81. The zero-order valence-electron chi connectivity index (χ0n) is 6.81. The number of nitrogens with zero attached hydrogens (tertiary/aromatic N) is 1. The zero-order chi connectivity index (χ0) is 8.15. The van der Waals surface area contributed by atoms with Crippen molar-refractivity contribution in [3.63, 3.8) is 0 Å². The Morgan fingerprint density at radius 1 is 1.70 bits per heavy atom. The maximum atomic E-state index is 5.45. The molecule has 0 aromatic heterocycles. The van der Waals surface area contributed by atoms with Crippen molar-refractivity contribution in [1.29, 1.82) is 0 Å². The van der Waals surface area contributed by atoms with Crippen LogP contribution >= 0.6 is 0 Å². The van der Waals surface area contributed by atoms with Gasteiger partial charge in [-0.3, -0.25) is 0 Å². The van der Waals surface area contributed by atoms with Crippen LogP contribution in [0.25, 0.3) is 0 Å². The van der Waals surface area contributed by atoms with E-state index in [-0.39, 0.29) is 0 Å². The fourth-order valence-corrected chi connectivity index (χ4v) is 0.594. The third-order valence-electron chi connectivity index (χ3n) is 1.04. The Kier molecular flexibility index (Phi) is 3.77. The van der Waals surface area contributed by atoms with E-state index in [0.717, 1.165) is 16.8 Å². The standard InChI is InChI=1S/C6H12B2N2/c1-4(9)3-5(10-2)6(7)8/h3,7H,8-9H2,1-2H3/b4-3+,10-5+. The van der Waals surface area contributed by atoms with E-state index in [2.05, 4.69) is 12.5 Å². The third-order valence-corrected chi connectivity index (χ3v) is 1.04. The number of rotatable bonds is 2. The van der Waals surface area contributed by atoms with Crippen LogP contribution in [0.4, 0.5) is 0 Å². The van der Waals surface area contributed by atoms with Crippen LogP contribution in [0.5, 0.6) is 0 Å². The third kappa shape index (κ3) is 3.28. The number of nitrogens with two attached hydrogens (primary N) is 1. The molecule has 2 nitrogen and oxygen atoms in total. The Hall–Kier alpha value is -0.790. The van der Waals surface area contributed by atoms with E-state index in [1.165, 1.54) is 0 Å². The van der Waals surface area contributed by atoms with Gasteiger partial charge in [-0.15, -0.1) is 0 Å². The first-order chi connectivity index (χ1) is 4.57. The van der Waals surface area contributed by atoms with Crippen molar-refractivity contribution >= 4 is 26.4 Å². The second kappa shape index (κ2) is 4.09. The van der Waals surface area contributed by atoms with Gasteiger partial charge >= 0.3 is 62.9 Å². The normalized spacial score (nSPS) is 13.3. The predicted octanol–water partition coefficient (Wildman–Crippen LogP) is -1.42. The number of hydrogen-bond donors (Lipinski definition) is 1. The van der Waals surface area contributed by atoms with Crippen LogP contribution < -0.4 is 5.73 Å². The zero-order valence-corrected chi connectivity index (χ0v) is 6.81. The number of hydrogen-bond acceptors (Lipinski definition) is 2. The molecule has 0 aromatic carbocycles. The molecule has 0 saturated carbocycles. The second-order valence-corrected chi connectivity index (χ2v) is 2.28. The molecule has 0 radical (unpaired) electrons. The summed E-state index contributed by atoms with van der Waals surface area (Å²) in [5.74, 6) is 0. The van der Waals surface area contributed by atoms with E-state index in [1.54, 1.807) is 7.05 Å². The van der Waals surface area contributed by atoms with Gasteiger partial charge in [0.05, 0.1) is 0 Å². The number of allylic oxidation sites excluding steroid dienone is 2. The molecular weight excluding hydrogens is 122 g/mol. The van der Waals surface area contributed by atoms with Gasteiger partial charge < -0.3 is 0 Å². The Morgan fingerprint density at radius 3 is 2.30 bits per heavy atom. The Labute approximate surface area is 63.7 Å². The number of aliphatic imine (C=N–C) groups is 1. The van der Waals surface area contributed by atoms with Crippen molar-refractivity contribution in [2.45, 2.75) is 6.92 Å². The molecule has 0 amide bonds. The second-order valence-electron chi connectivity index (χ2n) is 2.28. The van der Waals surface area contributed by atoms with E-state index >= 15 is 0 Å². The summed E-state index contributed by atoms with van der Waals surface area (Å²) in [6, 6.07) is 0. The van der Waals surface area contributed by atoms with Crippen LogP contribution in [0.1, 0.15) is 6.92 Å². The first-order valence-corrected chi connectivity index (χ1v) is 3.14. The maximum absolute atomic E-state index is 5.45. The van der Waals surface area contributed by atoms with Crippen LogP contribution in [0.15, 0.2) is 16.8 Å². The predicted molar refractivity (Wildman–Crippen MR) is 52.0 cm³/mol. The molecule has 0 rings (SSSR count). The van der Waals surface area contributed by atoms with Crippen molar-refractivity contribution in [3.05, 3.63) is 11.8 Å². The molecule has 0 bridgehead atoms. The Bertz CT molecular complexity index is 190. The summed E-state index contributed by atoms with van der Waals surface area (Å²) in [4.78, 5) is 3.99. The summed E-state index contributed by atoms with van der Waals surface area (Å²) in [6.07, 6.45) is 1.81. The van der Waals surface area contributed by atoms with Crippen molar-refractivity contribution in [1.82, 2.24) is 0 Å². The first kappa shape index (κ1) is 9.21. The summed E-state index contributed by atoms with van der Waals surface area (Å²) < 4.78 is 0. The van der Waals surface area contributed by atoms with Gasteiger partial charge in [-0.1, -0.05) is 0 Å². The van der Waals surface area contributed by atoms with Crippen molar-refractivity contribution in [3.8, 4) is 0 Å². The molecule has 0 fully saturated rings. The molecule has 0 atom stereocenters. The fraction of sp³-hybridized carbons (Fsp3) is 0.333. The monoisotopic (exact) mass is 134 g/mol. The molecular formula is C6H12B2N2. The molecule has 4 heteroatoms. The van der Waals surface area contributed by atoms with Crippen molar-refractivity contribution < 1.29 is 0 Å². The van der Waals surface area contributed by atoms with Gasteiger partial charge in [-0.25, -0.2) is 0 Å². The SMILES string of the molecule is B=C(B)C(/C=C(\C)N)=N/C. The van der Waals surface area contributed by atoms with Gasteiger partial charge in [-0.2, -0.15) is 0 Å². The Balaban J connectivity index is 4.42. The van der Waals surface area contributed by atoms with Crippen molar-refractivity contribution in [2.75, 3.05) is 7.05 Å². The molecule has 0 spiro atoms. The topological polar surface area (TPSA) is 38.4 Å². The van der Waals surface area contributed by atoms with Crippen LogP contribution in [0.3, 0.4) is 0 Å². The van der Waals surface area contributed by atoms with Crippen molar-refractivity contribution in [2.24, 2.45) is 10.7 Å². The van der Waals surface area contributed by atoms with E-state index < -0.39 is 0 Å². The molecule has 0 aliphatic carbocycles. The van der Waals surface area contributed by atoms with Gasteiger partial charge in [0, 0.05) is 0 Å². The van der Waals surface area contributed by atoms with Gasteiger partial charge in [0.2, 0.25) is 0 Å². The fourth-order valence-electron chi connectivity index (χ4n) is 0.594. The summed E-state index contributed by atoms with van der Waals surface area (Å²) in [6.45, 7) is 1.83. The molecule has 2 N–H and O–H groups in total. The van der Waals surface area contributed by atoms with Crippen LogP contribution in [-0.2, 0) is 0 Å². The summed E-state index contributed by atoms with van der Waals surface area (Å²) in [5, 5.41) is 0.937. The van der Waals surface area contributed by atoms with Gasteiger partial charge in [-0.05, 0) is 0 Å². The molecule has 0 aliphatic heterocycles. The van der Waals surface area contributed by atoms with Crippen LogP contribution in [0.2, 0.25) is 0 Å². The molecule has 0 aliphatic rings. The van der Waals surface area contributed by atoms with Crippen LogP contribution in [0, 0.1) is 0 Å². The van der Waals surface area contributed by atoms with E-state index in [1.807, 2.05) is 20.8 Å². The quantitative estimate of drug-likeness (QED) is 0.365. The van der Waals surface area contributed by atoms with Gasteiger partial charge in [0.25, 0.3) is 0 Å². The van der Waals surface area contributed by atoms with E-state index in [9.17, 15) is 0 Å². The summed E-state index contributed by atoms with van der Waals surface area (Å²) in [5.41, 5.74) is 7.06. The van der Waals surface area contributed by atoms with Crippen LogP contribution in [-0.4, -0.2) is 33.5 Å². The van der Waals surface area contributed by atoms with E-state index in [0.29, 0.717) is 0 Å². The molecule has 0 unspecified atom stereocenters. The molecule has 52 valence electrons. The first-order valence-electron chi connectivity index (χ1n) is 3.14. The minimum atomic E-state index is 0.753.